The van der Waals surface area contributed by atoms with Crippen molar-refractivity contribution in [1.29, 1.82) is 0 Å². The zero-order chi connectivity index (χ0) is 11.9. The lowest BCUT2D eigenvalue weighted by molar-refractivity contribution is 0.387. The highest BCUT2D eigenvalue weighted by Crippen LogP contribution is 1.95. The Bertz CT molecular complexity index is 441. The second-order valence-corrected chi connectivity index (χ2v) is 3.80. The predicted octanol–water partition coefficient (Wildman–Crippen LogP) is 1.15. The summed E-state index contributed by atoms with van der Waals surface area (Å²) in [6.07, 6.45) is 3.54. The summed E-state index contributed by atoms with van der Waals surface area (Å²) in [5.74, 6) is 1.38. The first-order chi connectivity index (χ1) is 8.34. The van der Waals surface area contributed by atoms with E-state index >= 15 is 0 Å². The topological polar surface area (TPSA) is 63.8 Å². The van der Waals surface area contributed by atoms with Crippen molar-refractivity contribution in [3.05, 3.63) is 41.8 Å². The molecule has 0 fully saturated rings. The van der Waals surface area contributed by atoms with Crippen molar-refractivity contribution < 1.29 is 4.52 Å². The van der Waals surface area contributed by atoms with Gasteiger partial charge in [0.1, 0.15) is 0 Å². The van der Waals surface area contributed by atoms with Gasteiger partial charge < -0.3 is 9.84 Å². The Labute approximate surface area is 100 Å². The van der Waals surface area contributed by atoms with Crippen LogP contribution in [-0.4, -0.2) is 28.2 Å². The van der Waals surface area contributed by atoms with Gasteiger partial charge in [0.25, 0.3) is 0 Å². The van der Waals surface area contributed by atoms with Gasteiger partial charge in [-0.1, -0.05) is 11.2 Å². The average Bonchev–Trinajstić information content (AvgIpc) is 2.76. The number of hydrogen-bond donors (Lipinski definition) is 1. The zero-order valence-electron chi connectivity index (χ0n) is 9.89. The minimum Gasteiger partial charge on any atom is -0.340 e. The van der Waals surface area contributed by atoms with Crippen LogP contribution in [0.5, 0.6) is 0 Å². The average molecular weight is 232 g/mol. The first kappa shape index (κ1) is 11.7. The van der Waals surface area contributed by atoms with E-state index in [2.05, 4.69) is 20.4 Å². The minimum absolute atomic E-state index is 0.619. The van der Waals surface area contributed by atoms with Crippen LogP contribution in [0.25, 0.3) is 0 Å². The molecule has 0 unspecified atom stereocenters. The van der Waals surface area contributed by atoms with E-state index in [1.165, 1.54) is 0 Å². The molecule has 2 aromatic heterocycles. The molecule has 0 aliphatic rings. The van der Waals surface area contributed by atoms with Crippen LogP contribution < -0.4 is 5.32 Å². The summed E-state index contributed by atoms with van der Waals surface area (Å²) in [5.41, 5.74) is 1.11. The quantitative estimate of drug-likeness (QED) is 0.757. The second kappa shape index (κ2) is 6.10. The van der Waals surface area contributed by atoms with Gasteiger partial charge in [-0.3, -0.25) is 4.98 Å². The van der Waals surface area contributed by atoms with Crippen LogP contribution in [0.4, 0.5) is 0 Å². The number of pyridine rings is 1. The molecule has 0 aliphatic carbocycles. The first-order valence-electron chi connectivity index (χ1n) is 5.74. The third-order valence-corrected chi connectivity index (χ3v) is 2.38. The van der Waals surface area contributed by atoms with Crippen LogP contribution >= 0.6 is 0 Å². The zero-order valence-corrected chi connectivity index (χ0v) is 9.89. The van der Waals surface area contributed by atoms with Gasteiger partial charge in [-0.15, -0.1) is 0 Å². The highest BCUT2D eigenvalue weighted by atomic mass is 16.5. The molecule has 2 aromatic rings. The predicted molar refractivity (Wildman–Crippen MR) is 63.5 cm³/mol. The molecular formula is C12H16N4O. The van der Waals surface area contributed by atoms with Gasteiger partial charge in [-0.25, -0.2) is 0 Å². The summed E-state index contributed by atoms with van der Waals surface area (Å²) in [4.78, 5) is 8.39. The maximum atomic E-state index is 4.89. The summed E-state index contributed by atoms with van der Waals surface area (Å²) in [7, 11) is 0. The van der Waals surface area contributed by atoms with Gasteiger partial charge in [0.2, 0.25) is 5.89 Å². The first-order valence-corrected chi connectivity index (χ1v) is 5.74. The van der Waals surface area contributed by atoms with Crippen molar-refractivity contribution in [3.8, 4) is 0 Å². The van der Waals surface area contributed by atoms with Gasteiger partial charge >= 0.3 is 0 Å². The van der Waals surface area contributed by atoms with Gasteiger partial charge in [0.05, 0.1) is 0 Å². The number of aryl methyl sites for hydroxylation is 1. The Kier molecular flexibility index (Phi) is 4.21. The van der Waals surface area contributed by atoms with Crippen molar-refractivity contribution in [3.63, 3.8) is 0 Å². The molecule has 1 N–H and O–H groups in total. The molecule has 17 heavy (non-hydrogen) atoms. The summed E-state index contributed by atoms with van der Waals surface area (Å²) in [5, 5.41) is 7.16. The molecule has 0 aliphatic heterocycles. The normalized spacial score (nSPS) is 10.6. The van der Waals surface area contributed by atoms with E-state index in [-0.39, 0.29) is 0 Å². The van der Waals surface area contributed by atoms with Crippen LogP contribution in [-0.2, 0) is 12.8 Å². The fourth-order valence-electron chi connectivity index (χ4n) is 1.53. The Hall–Kier alpha value is -1.75. The Morgan fingerprint density at radius 2 is 2.12 bits per heavy atom. The van der Waals surface area contributed by atoms with Crippen LogP contribution in [0.15, 0.2) is 28.9 Å². The number of nitrogens with one attached hydrogen (secondary N) is 1. The third kappa shape index (κ3) is 3.96. The number of aromatic nitrogens is 3. The molecule has 0 radical (unpaired) electrons. The molecule has 0 saturated carbocycles. The van der Waals surface area contributed by atoms with E-state index in [1.54, 1.807) is 6.92 Å². The van der Waals surface area contributed by atoms with Crippen molar-refractivity contribution in [2.75, 3.05) is 13.1 Å². The van der Waals surface area contributed by atoms with Gasteiger partial charge in [0, 0.05) is 44.7 Å². The van der Waals surface area contributed by atoms with Gasteiger partial charge in [0.15, 0.2) is 5.82 Å². The van der Waals surface area contributed by atoms with Crippen LogP contribution in [0.3, 0.4) is 0 Å². The molecule has 0 atom stereocenters. The van der Waals surface area contributed by atoms with E-state index in [1.807, 2.05) is 24.4 Å². The van der Waals surface area contributed by atoms with Crippen LogP contribution in [0.1, 0.15) is 17.4 Å². The summed E-state index contributed by atoms with van der Waals surface area (Å²) >= 11 is 0. The monoisotopic (exact) mass is 232 g/mol. The van der Waals surface area contributed by atoms with Crippen molar-refractivity contribution in [1.82, 2.24) is 20.4 Å². The molecule has 2 rings (SSSR count). The Morgan fingerprint density at radius 3 is 2.82 bits per heavy atom. The molecule has 90 valence electrons. The number of nitrogens with zero attached hydrogens (tertiary/aromatic N) is 3. The summed E-state index contributed by atoms with van der Waals surface area (Å²) in [6.45, 7) is 3.56. The SMILES string of the molecule is Cc1nc(CCNCCc2ccccn2)no1. The molecule has 5 nitrogen and oxygen atoms in total. The molecule has 5 heteroatoms. The molecule has 0 spiro atoms. The highest BCUT2D eigenvalue weighted by molar-refractivity contribution is 5.03. The van der Waals surface area contributed by atoms with E-state index < -0.39 is 0 Å². The van der Waals surface area contributed by atoms with E-state index in [4.69, 9.17) is 4.52 Å². The smallest absolute Gasteiger partial charge is 0.223 e. The standard InChI is InChI=1S/C12H16N4O/c1-10-15-12(16-17-10)6-9-13-8-5-11-4-2-3-7-14-11/h2-4,7,13H,5-6,8-9H2,1H3. The third-order valence-electron chi connectivity index (χ3n) is 2.38. The molecule has 0 amide bonds. The fraction of sp³-hybridized carbons (Fsp3) is 0.417. The Balaban J connectivity index is 1.61. The molecular weight excluding hydrogens is 216 g/mol. The maximum absolute atomic E-state index is 4.89. The molecule has 0 bridgehead atoms. The minimum atomic E-state index is 0.619. The van der Waals surface area contributed by atoms with Gasteiger partial charge in [-0.2, -0.15) is 4.98 Å². The molecule has 0 saturated heterocycles. The van der Waals surface area contributed by atoms with Gasteiger partial charge in [-0.05, 0) is 12.1 Å². The fourth-order valence-corrected chi connectivity index (χ4v) is 1.53. The summed E-state index contributed by atoms with van der Waals surface area (Å²) in [6, 6.07) is 5.96. The second-order valence-electron chi connectivity index (χ2n) is 3.80. The molecule has 0 aromatic carbocycles. The van der Waals surface area contributed by atoms with Crippen LogP contribution in [0, 0.1) is 6.92 Å². The number of hydrogen-bond acceptors (Lipinski definition) is 5. The lowest BCUT2D eigenvalue weighted by Crippen LogP contribution is -2.20. The highest BCUT2D eigenvalue weighted by Gasteiger charge is 2.00. The van der Waals surface area contributed by atoms with Crippen molar-refractivity contribution in [2.45, 2.75) is 19.8 Å². The van der Waals surface area contributed by atoms with Crippen LogP contribution in [0.2, 0.25) is 0 Å². The lowest BCUT2D eigenvalue weighted by Gasteiger charge is -2.02. The van der Waals surface area contributed by atoms with Crippen molar-refractivity contribution in [2.24, 2.45) is 0 Å². The lowest BCUT2D eigenvalue weighted by atomic mass is 10.2. The van der Waals surface area contributed by atoms with E-state index in [0.717, 1.165) is 37.4 Å². The van der Waals surface area contributed by atoms with E-state index in [0.29, 0.717) is 5.89 Å². The Morgan fingerprint density at radius 1 is 1.24 bits per heavy atom. The van der Waals surface area contributed by atoms with Crippen molar-refractivity contribution >= 4 is 0 Å². The molecule has 2 heterocycles. The largest absolute Gasteiger partial charge is 0.340 e. The summed E-state index contributed by atoms with van der Waals surface area (Å²) < 4.78 is 4.89. The van der Waals surface area contributed by atoms with E-state index in [9.17, 15) is 0 Å². The maximum Gasteiger partial charge on any atom is 0.223 e. The number of rotatable bonds is 6.